The van der Waals surface area contributed by atoms with E-state index in [0.29, 0.717) is 11.5 Å². The second-order valence-corrected chi connectivity index (χ2v) is 9.11. The first kappa shape index (κ1) is 17.8. The topological polar surface area (TPSA) is 63.9 Å². The predicted molar refractivity (Wildman–Crippen MR) is 110 cm³/mol. The van der Waals surface area contributed by atoms with Gasteiger partial charge in [-0.2, -0.15) is 5.10 Å². The summed E-state index contributed by atoms with van der Waals surface area (Å²) in [4.78, 5) is 25.9. The number of carbonyl (C=O) groups excluding carboxylic acids is 1. The molecule has 4 heterocycles. The van der Waals surface area contributed by atoms with Crippen LogP contribution in [0.1, 0.15) is 63.2 Å². The van der Waals surface area contributed by atoms with Crippen molar-refractivity contribution in [2.45, 2.75) is 51.4 Å². The van der Waals surface area contributed by atoms with E-state index >= 15 is 0 Å². The summed E-state index contributed by atoms with van der Waals surface area (Å²) in [6, 6.07) is 1.94. The number of aryl methyl sites for hydroxylation is 4. The number of carbonyl (C=O) groups is 1. The molecule has 1 aliphatic heterocycles. The maximum absolute atomic E-state index is 13.0. The molecule has 5 rings (SSSR count). The number of thiazole rings is 1. The van der Waals surface area contributed by atoms with Gasteiger partial charge >= 0.3 is 0 Å². The number of fused-ring (bicyclic) bond motifs is 2. The Morgan fingerprint density at radius 1 is 1.21 bits per heavy atom. The predicted octanol–water partition coefficient (Wildman–Crippen LogP) is 3.63. The zero-order chi connectivity index (χ0) is 19.3. The van der Waals surface area contributed by atoms with Gasteiger partial charge in [-0.25, -0.2) is 9.97 Å². The summed E-state index contributed by atoms with van der Waals surface area (Å²) < 4.78 is 1.76. The Morgan fingerprint density at radius 3 is 2.79 bits per heavy atom. The van der Waals surface area contributed by atoms with Gasteiger partial charge in [-0.1, -0.05) is 0 Å². The van der Waals surface area contributed by atoms with E-state index in [1.165, 1.54) is 34.8 Å². The van der Waals surface area contributed by atoms with Crippen molar-refractivity contribution in [1.82, 2.24) is 24.6 Å². The summed E-state index contributed by atoms with van der Waals surface area (Å²) in [5.41, 5.74) is 3.73. The minimum Gasteiger partial charge on any atom is -0.339 e. The van der Waals surface area contributed by atoms with Crippen molar-refractivity contribution in [1.29, 1.82) is 0 Å². The smallest absolute Gasteiger partial charge is 0.255 e. The number of pyridine rings is 1. The fraction of sp³-hybridized carbons (Fsp3) is 0.524. The molecule has 2 aliphatic rings. The molecule has 0 spiro atoms. The Balaban J connectivity index is 1.29. The van der Waals surface area contributed by atoms with Crippen LogP contribution in [0.5, 0.6) is 0 Å². The zero-order valence-corrected chi connectivity index (χ0v) is 17.3. The van der Waals surface area contributed by atoms with Crippen LogP contribution >= 0.6 is 11.3 Å². The molecular weight excluding hydrogens is 370 g/mol. The molecule has 1 aliphatic carbocycles. The molecule has 0 N–H and O–H groups in total. The number of amides is 1. The molecule has 3 aromatic heterocycles. The molecule has 6 nitrogen and oxygen atoms in total. The maximum atomic E-state index is 13.0. The molecular formula is C21H25N5OS. The molecule has 0 unspecified atom stereocenters. The van der Waals surface area contributed by atoms with E-state index in [2.05, 4.69) is 10.1 Å². The van der Waals surface area contributed by atoms with E-state index in [4.69, 9.17) is 4.98 Å². The van der Waals surface area contributed by atoms with Gasteiger partial charge in [0.15, 0.2) is 5.65 Å². The van der Waals surface area contributed by atoms with Gasteiger partial charge < -0.3 is 4.90 Å². The minimum absolute atomic E-state index is 0.0783. The van der Waals surface area contributed by atoms with E-state index in [9.17, 15) is 4.79 Å². The van der Waals surface area contributed by atoms with Gasteiger partial charge in [0.1, 0.15) is 0 Å². The van der Waals surface area contributed by atoms with Crippen molar-refractivity contribution < 1.29 is 4.79 Å². The number of hydrogen-bond acceptors (Lipinski definition) is 5. The molecule has 0 saturated carbocycles. The highest BCUT2D eigenvalue weighted by Gasteiger charge is 2.28. The van der Waals surface area contributed by atoms with Crippen LogP contribution in [0, 0.1) is 6.92 Å². The number of nitrogens with zero attached hydrogens (tertiary/aromatic N) is 5. The lowest BCUT2D eigenvalue weighted by Gasteiger charge is -2.31. The maximum Gasteiger partial charge on any atom is 0.255 e. The van der Waals surface area contributed by atoms with Crippen LogP contribution in [-0.4, -0.2) is 43.6 Å². The normalized spacial score (nSPS) is 17.9. The van der Waals surface area contributed by atoms with Crippen molar-refractivity contribution in [3.05, 3.63) is 39.1 Å². The van der Waals surface area contributed by atoms with E-state index in [0.717, 1.165) is 49.1 Å². The van der Waals surface area contributed by atoms with Gasteiger partial charge in [-0.05, 0) is 51.5 Å². The van der Waals surface area contributed by atoms with E-state index in [1.54, 1.807) is 10.9 Å². The number of piperidine rings is 1. The summed E-state index contributed by atoms with van der Waals surface area (Å²) in [5.74, 6) is 0.579. The molecule has 28 heavy (non-hydrogen) atoms. The molecule has 0 atom stereocenters. The molecule has 0 aromatic carbocycles. The highest BCUT2D eigenvalue weighted by molar-refractivity contribution is 7.11. The van der Waals surface area contributed by atoms with Crippen molar-refractivity contribution in [2.24, 2.45) is 7.05 Å². The summed E-state index contributed by atoms with van der Waals surface area (Å²) in [7, 11) is 1.88. The van der Waals surface area contributed by atoms with Crippen LogP contribution in [0.4, 0.5) is 0 Å². The van der Waals surface area contributed by atoms with Crippen LogP contribution in [0.25, 0.3) is 11.0 Å². The SMILES string of the molecule is Cc1nn(C)c2ncc(C(=O)N3CCC(c4nc5c(s4)CCCC5)CC3)cc12. The average molecular weight is 396 g/mol. The highest BCUT2D eigenvalue weighted by Crippen LogP contribution is 2.35. The molecule has 0 radical (unpaired) electrons. The second kappa shape index (κ2) is 6.95. The van der Waals surface area contributed by atoms with Crippen LogP contribution in [-0.2, 0) is 19.9 Å². The standard InChI is InChI=1S/C21H25N5OS/c1-13-16-11-15(12-22-19(16)25(2)24-13)21(27)26-9-7-14(8-10-26)20-23-17-5-3-4-6-18(17)28-20/h11-12,14H,3-10H2,1-2H3. The third kappa shape index (κ3) is 3.02. The number of likely N-dealkylation sites (tertiary alicyclic amines) is 1. The molecule has 146 valence electrons. The summed E-state index contributed by atoms with van der Waals surface area (Å²) in [6.45, 7) is 3.53. The van der Waals surface area contributed by atoms with Crippen molar-refractivity contribution >= 4 is 28.3 Å². The first-order chi connectivity index (χ1) is 13.6. The fourth-order valence-electron chi connectivity index (χ4n) is 4.48. The average Bonchev–Trinajstić information content (AvgIpc) is 3.28. The van der Waals surface area contributed by atoms with Gasteiger partial charge in [0.25, 0.3) is 5.91 Å². The summed E-state index contributed by atoms with van der Waals surface area (Å²) in [5, 5.41) is 6.65. The van der Waals surface area contributed by atoms with Gasteiger partial charge in [0, 0.05) is 42.5 Å². The number of aromatic nitrogens is 4. The lowest BCUT2D eigenvalue weighted by Crippen LogP contribution is -2.38. The van der Waals surface area contributed by atoms with Crippen LogP contribution in [0.15, 0.2) is 12.3 Å². The summed E-state index contributed by atoms with van der Waals surface area (Å²) >= 11 is 1.92. The molecule has 1 fully saturated rings. The molecule has 7 heteroatoms. The molecule has 0 bridgehead atoms. The van der Waals surface area contributed by atoms with Crippen LogP contribution < -0.4 is 0 Å². The monoisotopic (exact) mass is 395 g/mol. The van der Waals surface area contributed by atoms with Gasteiger partial charge in [0.2, 0.25) is 0 Å². The van der Waals surface area contributed by atoms with Crippen molar-refractivity contribution in [3.63, 3.8) is 0 Å². The third-order valence-electron chi connectivity index (χ3n) is 6.10. The Kier molecular flexibility index (Phi) is 4.42. The molecule has 3 aromatic rings. The Morgan fingerprint density at radius 2 is 2.00 bits per heavy atom. The van der Waals surface area contributed by atoms with Gasteiger partial charge in [-0.3, -0.25) is 9.48 Å². The largest absolute Gasteiger partial charge is 0.339 e. The van der Waals surface area contributed by atoms with Crippen molar-refractivity contribution in [2.75, 3.05) is 13.1 Å². The summed E-state index contributed by atoms with van der Waals surface area (Å²) in [6.07, 6.45) is 8.61. The molecule has 1 saturated heterocycles. The first-order valence-electron chi connectivity index (χ1n) is 10.2. The Bertz CT molecular complexity index is 1020. The van der Waals surface area contributed by atoms with E-state index in [1.807, 2.05) is 36.3 Å². The van der Waals surface area contributed by atoms with E-state index < -0.39 is 0 Å². The minimum atomic E-state index is 0.0783. The van der Waals surface area contributed by atoms with Gasteiger partial charge in [-0.15, -0.1) is 11.3 Å². The Labute approximate surface area is 168 Å². The number of rotatable bonds is 2. The van der Waals surface area contributed by atoms with E-state index in [-0.39, 0.29) is 5.91 Å². The van der Waals surface area contributed by atoms with Crippen LogP contribution in [0.2, 0.25) is 0 Å². The van der Waals surface area contributed by atoms with Crippen LogP contribution in [0.3, 0.4) is 0 Å². The lowest BCUT2D eigenvalue weighted by molar-refractivity contribution is 0.0712. The zero-order valence-electron chi connectivity index (χ0n) is 16.4. The lowest BCUT2D eigenvalue weighted by atomic mass is 9.96. The fourth-order valence-corrected chi connectivity index (χ4v) is 5.81. The molecule has 1 amide bonds. The van der Waals surface area contributed by atoms with Gasteiger partial charge in [0.05, 0.1) is 22.0 Å². The second-order valence-electron chi connectivity index (χ2n) is 8.00. The third-order valence-corrected chi connectivity index (χ3v) is 7.42. The Hall–Kier alpha value is -2.28. The number of hydrogen-bond donors (Lipinski definition) is 0. The quantitative estimate of drug-likeness (QED) is 0.665. The van der Waals surface area contributed by atoms with Crippen molar-refractivity contribution in [3.8, 4) is 0 Å². The first-order valence-corrected chi connectivity index (χ1v) is 11.0. The highest BCUT2D eigenvalue weighted by atomic mass is 32.1.